The lowest BCUT2D eigenvalue weighted by Crippen LogP contribution is -2.41. The van der Waals surface area contributed by atoms with Crippen molar-refractivity contribution in [2.45, 2.75) is 18.9 Å². The molecule has 4 nitrogen and oxygen atoms in total. The molecule has 1 aromatic rings. The number of carbonyl (C=O) groups is 2. The molecule has 1 atom stereocenters. The van der Waals surface area contributed by atoms with Gasteiger partial charge in [0.25, 0.3) is 0 Å². The minimum atomic E-state index is -0.781. The number of nitrogens with one attached hydrogen (secondary N) is 1. The normalized spacial score (nSPS) is 11.1. The Bertz CT molecular complexity index is 448. The van der Waals surface area contributed by atoms with Gasteiger partial charge < -0.3 is 10.1 Å². The Kier molecular flexibility index (Phi) is 5.46. The maximum absolute atomic E-state index is 11.7. The number of benzene rings is 1. The van der Waals surface area contributed by atoms with Crippen molar-refractivity contribution in [2.75, 3.05) is 7.11 Å². The molecule has 0 fully saturated rings. The van der Waals surface area contributed by atoms with Crippen LogP contribution in [0.3, 0.4) is 0 Å². The van der Waals surface area contributed by atoms with E-state index in [1.807, 2.05) is 30.3 Å². The number of ether oxygens (including phenoxy) is 1. The van der Waals surface area contributed by atoms with E-state index in [9.17, 15) is 9.59 Å². The molecule has 0 spiro atoms. The van der Waals surface area contributed by atoms with Gasteiger partial charge in [-0.3, -0.25) is 4.79 Å². The van der Waals surface area contributed by atoms with Crippen LogP contribution in [-0.2, 0) is 20.7 Å². The van der Waals surface area contributed by atoms with Crippen molar-refractivity contribution < 1.29 is 14.3 Å². The van der Waals surface area contributed by atoms with Gasteiger partial charge in [-0.1, -0.05) is 30.3 Å². The van der Waals surface area contributed by atoms with Crippen molar-refractivity contribution >= 4 is 11.9 Å². The number of hydrogen-bond acceptors (Lipinski definition) is 3. The number of carbonyl (C=O) groups excluding carboxylic acids is 2. The van der Waals surface area contributed by atoms with E-state index in [0.717, 1.165) is 5.56 Å². The predicted octanol–water partition coefficient (Wildman–Crippen LogP) is 0.910. The van der Waals surface area contributed by atoms with Gasteiger partial charge in [0.1, 0.15) is 6.04 Å². The van der Waals surface area contributed by atoms with Gasteiger partial charge in [-0.2, -0.15) is 0 Å². The average molecular weight is 245 g/mol. The van der Waals surface area contributed by atoms with Crippen LogP contribution < -0.4 is 5.32 Å². The lowest BCUT2D eigenvalue weighted by molar-refractivity contribution is -0.144. The molecule has 0 unspecified atom stereocenters. The number of terminal acetylenes is 1. The van der Waals surface area contributed by atoms with Crippen molar-refractivity contribution in [1.82, 2.24) is 5.32 Å². The summed E-state index contributed by atoms with van der Waals surface area (Å²) in [5.41, 5.74) is 0.874. The number of rotatable bonds is 5. The highest BCUT2D eigenvalue weighted by Gasteiger charge is 2.20. The topological polar surface area (TPSA) is 55.4 Å². The third-order valence-corrected chi connectivity index (χ3v) is 2.35. The smallest absolute Gasteiger partial charge is 0.329 e. The molecule has 0 saturated carbocycles. The number of esters is 1. The molecular formula is C14H15NO3. The summed E-state index contributed by atoms with van der Waals surface area (Å²) >= 11 is 0. The van der Waals surface area contributed by atoms with Crippen LogP contribution in [0.5, 0.6) is 0 Å². The molecule has 0 heterocycles. The van der Waals surface area contributed by atoms with Crippen molar-refractivity contribution in [3.05, 3.63) is 35.9 Å². The zero-order valence-electron chi connectivity index (χ0n) is 10.2. The third-order valence-electron chi connectivity index (χ3n) is 2.35. The van der Waals surface area contributed by atoms with Crippen molar-refractivity contribution in [3.63, 3.8) is 0 Å². The molecule has 18 heavy (non-hydrogen) atoms. The first-order valence-corrected chi connectivity index (χ1v) is 5.52. The van der Waals surface area contributed by atoms with Gasteiger partial charge in [-0.15, -0.1) is 12.3 Å². The van der Waals surface area contributed by atoms with E-state index in [1.165, 1.54) is 7.11 Å². The fourth-order valence-corrected chi connectivity index (χ4v) is 1.48. The molecule has 0 aromatic heterocycles. The highest BCUT2D eigenvalue weighted by Crippen LogP contribution is 2.01. The summed E-state index contributed by atoms with van der Waals surface area (Å²) in [5, 5.41) is 2.56. The zero-order valence-corrected chi connectivity index (χ0v) is 10.2. The quantitative estimate of drug-likeness (QED) is 0.619. The fourth-order valence-electron chi connectivity index (χ4n) is 1.48. The summed E-state index contributed by atoms with van der Waals surface area (Å²) in [4.78, 5) is 23.1. The second kappa shape index (κ2) is 7.13. The summed E-state index contributed by atoms with van der Waals surface area (Å²) in [6.07, 6.45) is 5.47. The number of methoxy groups -OCH3 is 1. The van der Waals surface area contributed by atoms with E-state index < -0.39 is 12.0 Å². The highest BCUT2D eigenvalue weighted by atomic mass is 16.5. The lowest BCUT2D eigenvalue weighted by atomic mass is 10.1. The molecule has 1 amide bonds. The Morgan fingerprint density at radius 1 is 1.39 bits per heavy atom. The maximum atomic E-state index is 11.7. The Morgan fingerprint density at radius 3 is 2.61 bits per heavy atom. The van der Waals surface area contributed by atoms with Crippen molar-refractivity contribution in [2.24, 2.45) is 0 Å². The molecule has 94 valence electrons. The van der Waals surface area contributed by atoms with E-state index >= 15 is 0 Å². The minimum absolute atomic E-state index is 0.118. The molecule has 1 rings (SSSR count). The highest BCUT2D eigenvalue weighted by molar-refractivity contribution is 5.85. The van der Waals surface area contributed by atoms with Gasteiger partial charge in [0, 0.05) is 6.42 Å². The van der Waals surface area contributed by atoms with E-state index in [0.29, 0.717) is 0 Å². The Labute approximate surface area is 106 Å². The van der Waals surface area contributed by atoms with Gasteiger partial charge in [-0.05, 0) is 5.56 Å². The molecule has 4 heteroatoms. The van der Waals surface area contributed by atoms with Gasteiger partial charge in [0.15, 0.2) is 0 Å². The first kappa shape index (κ1) is 13.8. The van der Waals surface area contributed by atoms with Crippen LogP contribution in [0, 0.1) is 12.3 Å². The maximum Gasteiger partial charge on any atom is 0.329 e. The Balaban J connectivity index is 2.57. The Morgan fingerprint density at radius 2 is 2.06 bits per heavy atom. The van der Waals surface area contributed by atoms with E-state index in [2.05, 4.69) is 16.0 Å². The summed E-state index contributed by atoms with van der Waals surface area (Å²) in [5.74, 6) is 1.55. The lowest BCUT2D eigenvalue weighted by Gasteiger charge is -2.13. The summed E-state index contributed by atoms with van der Waals surface area (Å²) in [6.45, 7) is 0. The average Bonchev–Trinajstić information content (AvgIpc) is 2.38. The molecule has 0 radical (unpaired) electrons. The van der Waals surface area contributed by atoms with Crippen LogP contribution >= 0.6 is 0 Å². The molecule has 1 N–H and O–H groups in total. The van der Waals surface area contributed by atoms with Crippen molar-refractivity contribution in [1.29, 1.82) is 0 Å². The van der Waals surface area contributed by atoms with Crippen LogP contribution in [0.2, 0.25) is 0 Å². The summed E-state index contributed by atoms with van der Waals surface area (Å²) in [7, 11) is 1.26. The molecule has 0 aliphatic rings. The summed E-state index contributed by atoms with van der Waals surface area (Å²) in [6, 6.07) is 8.47. The monoisotopic (exact) mass is 245 g/mol. The molecule has 0 bridgehead atoms. The molecule has 1 aromatic carbocycles. The zero-order chi connectivity index (χ0) is 13.4. The van der Waals surface area contributed by atoms with E-state index in [1.54, 1.807) is 0 Å². The van der Waals surface area contributed by atoms with Gasteiger partial charge in [0.05, 0.1) is 13.5 Å². The van der Waals surface area contributed by atoms with Gasteiger partial charge in [-0.25, -0.2) is 4.79 Å². The molecule has 0 aliphatic heterocycles. The second-order valence-electron chi connectivity index (χ2n) is 3.71. The first-order valence-electron chi connectivity index (χ1n) is 5.52. The van der Waals surface area contributed by atoms with Crippen LogP contribution in [0.4, 0.5) is 0 Å². The van der Waals surface area contributed by atoms with E-state index in [4.69, 9.17) is 6.42 Å². The van der Waals surface area contributed by atoms with Gasteiger partial charge >= 0.3 is 5.97 Å². The van der Waals surface area contributed by atoms with Crippen LogP contribution in [0.1, 0.15) is 12.0 Å². The third kappa shape index (κ3) is 4.30. The SMILES string of the molecule is C#CC[C@@H](NC(=O)Cc1ccccc1)C(=O)OC. The standard InChI is InChI=1S/C14H15NO3/c1-3-7-12(14(17)18-2)15-13(16)10-11-8-5-4-6-9-11/h1,4-6,8-9,12H,7,10H2,2H3,(H,15,16)/t12-/m1/s1. The predicted molar refractivity (Wildman–Crippen MR) is 67.5 cm³/mol. The molecule has 0 saturated heterocycles. The first-order chi connectivity index (χ1) is 8.67. The number of hydrogen-bond donors (Lipinski definition) is 1. The summed E-state index contributed by atoms with van der Waals surface area (Å²) < 4.78 is 4.57. The fraction of sp³-hybridized carbons (Fsp3) is 0.286. The molecular weight excluding hydrogens is 230 g/mol. The van der Waals surface area contributed by atoms with Crippen LogP contribution in [0.25, 0.3) is 0 Å². The second-order valence-corrected chi connectivity index (χ2v) is 3.71. The van der Waals surface area contributed by atoms with E-state index in [-0.39, 0.29) is 18.7 Å². The van der Waals surface area contributed by atoms with Crippen LogP contribution in [-0.4, -0.2) is 25.0 Å². The van der Waals surface area contributed by atoms with Crippen LogP contribution in [0.15, 0.2) is 30.3 Å². The van der Waals surface area contributed by atoms with Crippen molar-refractivity contribution in [3.8, 4) is 12.3 Å². The number of amides is 1. The largest absolute Gasteiger partial charge is 0.467 e. The molecule has 0 aliphatic carbocycles. The minimum Gasteiger partial charge on any atom is -0.467 e. The Hall–Kier alpha value is -2.28. The van der Waals surface area contributed by atoms with Gasteiger partial charge in [0.2, 0.25) is 5.91 Å².